The van der Waals surface area contributed by atoms with Crippen molar-refractivity contribution in [2.45, 2.75) is 25.8 Å². The molecule has 0 aliphatic heterocycles. The minimum absolute atomic E-state index is 0.0239. The molecule has 3 nitrogen and oxygen atoms in total. The summed E-state index contributed by atoms with van der Waals surface area (Å²) in [4.78, 5) is 3.44. The Morgan fingerprint density at radius 2 is 1.88 bits per heavy atom. The number of aliphatic hydroxyl groups is 1. The van der Waals surface area contributed by atoms with Crippen LogP contribution in [0.3, 0.4) is 0 Å². The van der Waals surface area contributed by atoms with Gasteiger partial charge in [-0.05, 0) is 19.9 Å². The van der Waals surface area contributed by atoms with Crippen LogP contribution in [-0.2, 0) is 16.7 Å². The molecule has 0 saturated carbocycles. The van der Waals surface area contributed by atoms with Gasteiger partial charge in [0.2, 0.25) is 0 Å². The first-order valence-corrected chi connectivity index (χ1v) is 4.66. The highest BCUT2D eigenvalue weighted by Gasteiger charge is 2.33. The second kappa shape index (κ2) is 4.39. The van der Waals surface area contributed by atoms with Gasteiger partial charge in [0, 0.05) is 24.6 Å². The van der Waals surface area contributed by atoms with Crippen molar-refractivity contribution in [2.24, 2.45) is 0 Å². The number of halogens is 3. The van der Waals surface area contributed by atoms with Gasteiger partial charge in [-0.2, -0.15) is 13.2 Å². The molecule has 1 heterocycles. The molecule has 0 aromatic carbocycles. The molecule has 1 unspecified atom stereocenters. The summed E-state index contributed by atoms with van der Waals surface area (Å²) in [5, 5.41) is 9.75. The molecule has 0 aliphatic carbocycles. The zero-order valence-electron chi connectivity index (χ0n) is 8.88. The van der Waals surface area contributed by atoms with Crippen molar-refractivity contribution >= 4 is 0 Å². The Morgan fingerprint density at radius 1 is 1.31 bits per heavy atom. The highest BCUT2D eigenvalue weighted by atomic mass is 19.4. The van der Waals surface area contributed by atoms with Gasteiger partial charge in [-0.15, -0.1) is 0 Å². The molecule has 0 fully saturated rings. The van der Waals surface area contributed by atoms with Gasteiger partial charge in [0.25, 0.3) is 0 Å². The first-order valence-electron chi connectivity index (χ1n) is 4.66. The van der Waals surface area contributed by atoms with Gasteiger partial charge in [0.15, 0.2) is 5.79 Å². The maximum absolute atomic E-state index is 12.4. The normalized spacial score (nSPS) is 15.9. The molecule has 0 radical (unpaired) electrons. The predicted octanol–water partition coefficient (Wildman–Crippen LogP) is 2.30. The Balaban J connectivity index is 3.08. The summed E-state index contributed by atoms with van der Waals surface area (Å²) in [6.07, 6.45) is -2.64. The topological polar surface area (TPSA) is 42.4 Å². The number of hydrogen-bond acceptors (Lipinski definition) is 3. The van der Waals surface area contributed by atoms with E-state index >= 15 is 0 Å². The molecule has 90 valence electrons. The molecule has 0 amide bonds. The third-order valence-corrected chi connectivity index (χ3v) is 2.03. The van der Waals surface area contributed by atoms with E-state index in [1.807, 2.05) is 0 Å². The molecule has 0 aliphatic rings. The maximum atomic E-state index is 12.4. The van der Waals surface area contributed by atoms with E-state index < -0.39 is 17.5 Å². The average Bonchev–Trinajstić information content (AvgIpc) is 2.16. The molecule has 0 spiro atoms. The number of alkyl halides is 3. The van der Waals surface area contributed by atoms with E-state index in [2.05, 4.69) is 4.98 Å². The van der Waals surface area contributed by atoms with Gasteiger partial charge in [0.1, 0.15) is 0 Å². The van der Waals surface area contributed by atoms with Crippen LogP contribution in [0.5, 0.6) is 0 Å². The Hall–Kier alpha value is -1.14. The minimum Gasteiger partial charge on any atom is -0.362 e. The number of rotatable bonds is 3. The van der Waals surface area contributed by atoms with E-state index in [1.54, 1.807) is 6.92 Å². The summed E-state index contributed by atoms with van der Waals surface area (Å²) in [5.74, 6) is -1.76. The monoisotopic (exact) mass is 235 g/mol. The summed E-state index contributed by atoms with van der Waals surface area (Å²) in [5.41, 5.74) is -0.936. The molecule has 16 heavy (non-hydrogen) atoms. The fourth-order valence-corrected chi connectivity index (χ4v) is 1.21. The average molecular weight is 235 g/mol. The molecule has 1 rings (SSSR count). The smallest absolute Gasteiger partial charge is 0.362 e. The summed E-state index contributed by atoms with van der Waals surface area (Å²) in [7, 11) is 0. The van der Waals surface area contributed by atoms with Gasteiger partial charge >= 0.3 is 6.18 Å². The van der Waals surface area contributed by atoms with Gasteiger partial charge in [0.05, 0.1) is 5.56 Å². The van der Waals surface area contributed by atoms with Crippen molar-refractivity contribution in [1.82, 2.24) is 4.98 Å². The zero-order chi connectivity index (χ0) is 12.4. The van der Waals surface area contributed by atoms with E-state index in [-0.39, 0.29) is 12.2 Å². The van der Waals surface area contributed by atoms with Crippen molar-refractivity contribution in [3.8, 4) is 0 Å². The molecule has 0 saturated heterocycles. The fourth-order valence-electron chi connectivity index (χ4n) is 1.21. The minimum atomic E-state index is -4.48. The third kappa shape index (κ3) is 2.93. The summed E-state index contributed by atoms with van der Waals surface area (Å²) in [6, 6.07) is 0.822. The van der Waals surface area contributed by atoms with Crippen LogP contribution in [0.4, 0.5) is 13.2 Å². The van der Waals surface area contributed by atoms with Gasteiger partial charge in [-0.3, -0.25) is 4.98 Å². The molecule has 1 atom stereocenters. The number of ether oxygens (including phenoxy) is 1. The van der Waals surface area contributed by atoms with Crippen LogP contribution in [0.2, 0.25) is 0 Å². The Morgan fingerprint density at radius 3 is 2.38 bits per heavy atom. The standard InChI is InChI=1S/C10H12F3NO2/c1-3-16-9(2,15)7-4-8(6-14-5-7)10(11,12)13/h4-6,15H,3H2,1-2H3. The maximum Gasteiger partial charge on any atom is 0.417 e. The molecular weight excluding hydrogens is 223 g/mol. The summed E-state index contributed by atoms with van der Waals surface area (Å²) >= 11 is 0. The second-order valence-electron chi connectivity index (χ2n) is 3.38. The highest BCUT2D eigenvalue weighted by molar-refractivity contribution is 5.23. The van der Waals surface area contributed by atoms with Crippen LogP contribution >= 0.6 is 0 Å². The van der Waals surface area contributed by atoms with E-state index in [0.717, 1.165) is 12.3 Å². The van der Waals surface area contributed by atoms with Gasteiger partial charge in [-0.25, -0.2) is 0 Å². The molecule has 1 N–H and O–H groups in total. The van der Waals surface area contributed by atoms with Crippen LogP contribution in [0, 0.1) is 0 Å². The Kier molecular flexibility index (Phi) is 3.54. The summed E-state index contributed by atoms with van der Waals surface area (Å²) < 4.78 is 42.1. The quantitative estimate of drug-likeness (QED) is 0.817. The van der Waals surface area contributed by atoms with Crippen LogP contribution < -0.4 is 0 Å². The third-order valence-electron chi connectivity index (χ3n) is 2.03. The van der Waals surface area contributed by atoms with Crippen LogP contribution in [0.15, 0.2) is 18.5 Å². The fraction of sp³-hybridized carbons (Fsp3) is 0.500. The largest absolute Gasteiger partial charge is 0.417 e. The molecule has 1 aromatic rings. The van der Waals surface area contributed by atoms with Gasteiger partial charge in [-0.1, -0.05) is 0 Å². The van der Waals surface area contributed by atoms with Crippen molar-refractivity contribution in [3.63, 3.8) is 0 Å². The lowest BCUT2D eigenvalue weighted by molar-refractivity contribution is -0.196. The molecule has 0 bridgehead atoms. The van der Waals surface area contributed by atoms with Gasteiger partial charge < -0.3 is 9.84 Å². The number of hydrogen-bond donors (Lipinski definition) is 1. The zero-order valence-corrected chi connectivity index (χ0v) is 8.88. The van der Waals surface area contributed by atoms with E-state index in [1.165, 1.54) is 6.92 Å². The lowest BCUT2D eigenvalue weighted by atomic mass is 10.1. The van der Waals surface area contributed by atoms with Crippen molar-refractivity contribution < 1.29 is 23.0 Å². The second-order valence-corrected chi connectivity index (χ2v) is 3.38. The van der Waals surface area contributed by atoms with E-state index in [0.29, 0.717) is 6.20 Å². The first kappa shape index (κ1) is 12.9. The number of nitrogens with zero attached hydrogens (tertiary/aromatic N) is 1. The Labute approximate surface area is 90.9 Å². The molecule has 6 heteroatoms. The lowest BCUT2D eigenvalue weighted by Crippen LogP contribution is -2.26. The SMILES string of the molecule is CCOC(C)(O)c1cncc(C(F)(F)F)c1. The van der Waals surface area contributed by atoms with Crippen LogP contribution in [0.1, 0.15) is 25.0 Å². The van der Waals surface area contributed by atoms with E-state index in [4.69, 9.17) is 4.74 Å². The Bertz CT molecular complexity index is 363. The van der Waals surface area contributed by atoms with Crippen molar-refractivity contribution in [1.29, 1.82) is 0 Å². The molecular formula is C10H12F3NO2. The summed E-state index contributed by atoms with van der Waals surface area (Å²) in [6.45, 7) is 3.09. The van der Waals surface area contributed by atoms with Crippen LogP contribution in [-0.4, -0.2) is 16.7 Å². The number of pyridine rings is 1. The highest BCUT2D eigenvalue weighted by Crippen LogP contribution is 2.31. The van der Waals surface area contributed by atoms with Crippen LogP contribution in [0.25, 0.3) is 0 Å². The van der Waals surface area contributed by atoms with Crippen molar-refractivity contribution in [2.75, 3.05) is 6.61 Å². The predicted molar refractivity (Wildman–Crippen MR) is 50.4 cm³/mol. The van der Waals surface area contributed by atoms with Crippen molar-refractivity contribution in [3.05, 3.63) is 29.6 Å². The first-order chi connectivity index (χ1) is 7.27. The lowest BCUT2D eigenvalue weighted by Gasteiger charge is -2.23. The van der Waals surface area contributed by atoms with E-state index in [9.17, 15) is 18.3 Å². The number of aromatic nitrogens is 1. The molecule has 1 aromatic heterocycles.